The van der Waals surface area contributed by atoms with Gasteiger partial charge in [0, 0.05) is 24.8 Å². The molecule has 0 fully saturated rings. The topological polar surface area (TPSA) is 85.6 Å². The van der Waals surface area contributed by atoms with Gasteiger partial charge in [-0.05, 0) is 36.2 Å². The van der Waals surface area contributed by atoms with Crippen LogP contribution in [0.25, 0.3) is 5.65 Å². The highest BCUT2D eigenvalue weighted by Crippen LogP contribution is 2.02. The molecule has 3 rings (SSSR count). The molecule has 0 radical (unpaired) electrons. The van der Waals surface area contributed by atoms with Gasteiger partial charge in [-0.2, -0.15) is 0 Å². The summed E-state index contributed by atoms with van der Waals surface area (Å²) in [6.45, 7) is 2.06. The number of rotatable bonds is 4. The average Bonchev–Trinajstić information content (AvgIpc) is 2.56. The van der Waals surface area contributed by atoms with Crippen LogP contribution in [0, 0.1) is 6.92 Å². The van der Waals surface area contributed by atoms with Crippen LogP contribution in [0.15, 0.2) is 53.8 Å². The number of fused-ring (bicyclic) bond motifs is 1. The van der Waals surface area contributed by atoms with Gasteiger partial charge in [-0.3, -0.25) is 23.8 Å². The predicted molar refractivity (Wildman–Crippen MR) is 82.7 cm³/mol. The van der Waals surface area contributed by atoms with Crippen molar-refractivity contribution in [3.05, 3.63) is 76.1 Å². The van der Waals surface area contributed by atoms with Gasteiger partial charge >= 0.3 is 0 Å². The van der Waals surface area contributed by atoms with E-state index in [1.165, 1.54) is 10.6 Å². The number of hydroxylamine groups is 1. The second kappa shape index (κ2) is 6.37. The first-order valence-corrected chi connectivity index (χ1v) is 6.94. The van der Waals surface area contributed by atoms with Crippen LogP contribution >= 0.6 is 0 Å². The SMILES string of the molecule is Cc1ccn2c(=O)c(C(=O)NOCc3cccnc3)cnc2c1. The molecular weight excluding hydrogens is 296 g/mol. The number of hydrogen-bond donors (Lipinski definition) is 1. The first-order valence-electron chi connectivity index (χ1n) is 6.94. The smallest absolute Gasteiger partial charge is 0.269 e. The van der Waals surface area contributed by atoms with E-state index in [2.05, 4.69) is 15.4 Å². The quantitative estimate of drug-likeness (QED) is 0.733. The van der Waals surface area contributed by atoms with Crippen molar-refractivity contribution in [3.8, 4) is 0 Å². The fraction of sp³-hybridized carbons (Fsp3) is 0.125. The van der Waals surface area contributed by atoms with Crippen LogP contribution in [-0.2, 0) is 11.4 Å². The van der Waals surface area contributed by atoms with Crippen molar-refractivity contribution in [1.82, 2.24) is 19.8 Å². The van der Waals surface area contributed by atoms with Crippen LogP contribution < -0.4 is 11.0 Å². The molecule has 0 spiro atoms. The zero-order valence-corrected chi connectivity index (χ0v) is 12.4. The second-order valence-electron chi connectivity index (χ2n) is 4.99. The number of aryl methyl sites for hydroxylation is 1. The van der Waals surface area contributed by atoms with Crippen LogP contribution in [0.3, 0.4) is 0 Å². The van der Waals surface area contributed by atoms with Crippen molar-refractivity contribution in [2.75, 3.05) is 0 Å². The summed E-state index contributed by atoms with van der Waals surface area (Å²) >= 11 is 0. The van der Waals surface area contributed by atoms with E-state index in [0.29, 0.717) is 5.65 Å². The molecule has 0 aromatic carbocycles. The Morgan fingerprint density at radius 2 is 2.22 bits per heavy atom. The minimum Gasteiger partial charge on any atom is -0.269 e. The van der Waals surface area contributed by atoms with Crippen molar-refractivity contribution >= 4 is 11.6 Å². The molecule has 0 aliphatic rings. The highest BCUT2D eigenvalue weighted by atomic mass is 16.6. The third-order valence-electron chi connectivity index (χ3n) is 3.24. The van der Waals surface area contributed by atoms with Crippen molar-refractivity contribution in [2.45, 2.75) is 13.5 Å². The van der Waals surface area contributed by atoms with Gasteiger partial charge in [-0.15, -0.1) is 0 Å². The normalized spacial score (nSPS) is 10.7. The van der Waals surface area contributed by atoms with Gasteiger partial charge in [0.15, 0.2) is 0 Å². The second-order valence-corrected chi connectivity index (χ2v) is 4.99. The number of carbonyl (C=O) groups is 1. The molecule has 0 saturated heterocycles. The fourth-order valence-corrected chi connectivity index (χ4v) is 2.06. The van der Waals surface area contributed by atoms with E-state index in [4.69, 9.17) is 4.84 Å². The third kappa shape index (κ3) is 3.24. The van der Waals surface area contributed by atoms with Gasteiger partial charge in [0.05, 0.1) is 0 Å². The number of hydrogen-bond acceptors (Lipinski definition) is 5. The summed E-state index contributed by atoms with van der Waals surface area (Å²) in [6.07, 6.45) is 6.11. The van der Waals surface area contributed by atoms with E-state index >= 15 is 0 Å². The van der Waals surface area contributed by atoms with Crippen molar-refractivity contribution < 1.29 is 9.63 Å². The Bertz CT molecular complexity index is 906. The lowest BCUT2D eigenvalue weighted by Crippen LogP contribution is -2.31. The van der Waals surface area contributed by atoms with Gasteiger partial charge in [0.25, 0.3) is 11.5 Å². The molecule has 0 aliphatic heterocycles. The summed E-state index contributed by atoms with van der Waals surface area (Å²) < 4.78 is 1.32. The van der Waals surface area contributed by atoms with Crippen LogP contribution in [0.2, 0.25) is 0 Å². The van der Waals surface area contributed by atoms with Gasteiger partial charge in [0.1, 0.15) is 17.8 Å². The van der Waals surface area contributed by atoms with Gasteiger partial charge in [-0.1, -0.05) is 6.07 Å². The summed E-state index contributed by atoms with van der Waals surface area (Å²) in [7, 11) is 0. The summed E-state index contributed by atoms with van der Waals surface area (Å²) in [6, 6.07) is 7.12. The first kappa shape index (κ1) is 14.9. The standard InChI is InChI=1S/C16H14N4O3/c1-11-4-6-20-14(7-11)18-9-13(16(20)22)15(21)19-23-10-12-3-2-5-17-8-12/h2-9H,10H2,1H3,(H,19,21). The molecule has 0 bridgehead atoms. The zero-order valence-electron chi connectivity index (χ0n) is 12.4. The Morgan fingerprint density at radius 1 is 1.35 bits per heavy atom. The van der Waals surface area contributed by atoms with Crippen LogP contribution in [0.4, 0.5) is 0 Å². The lowest BCUT2D eigenvalue weighted by Gasteiger charge is -2.07. The molecule has 1 N–H and O–H groups in total. The molecule has 3 aromatic rings. The van der Waals surface area contributed by atoms with Crippen molar-refractivity contribution in [1.29, 1.82) is 0 Å². The number of amides is 1. The first-order chi connectivity index (χ1) is 11.1. The average molecular weight is 310 g/mol. The molecule has 23 heavy (non-hydrogen) atoms. The molecule has 0 atom stereocenters. The fourth-order valence-electron chi connectivity index (χ4n) is 2.06. The molecule has 3 aromatic heterocycles. The Labute approximate surface area is 131 Å². The lowest BCUT2D eigenvalue weighted by molar-refractivity contribution is 0.0231. The van der Waals surface area contributed by atoms with E-state index in [9.17, 15) is 9.59 Å². The molecule has 116 valence electrons. The largest absolute Gasteiger partial charge is 0.282 e. The molecule has 1 amide bonds. The monoisotopic (exact) mass is 310 g/mol. The van der Waals surface area contributed by atoms with Gasteiger partial charge in [0.2, 0.25) is 0 Å². The van der Waals surface area contributed by atoms with E-state index in [1.807, 2.05) is 13.0 Å². The molecule has 0 unspecified atom stereocenters. The number of carbonyl (C=O) groups excluding carboxylic acids is 1. The van der Waals surface area contributed by atoms with Crippen LogP contribution in [0.5, 0.6) is 0 Å². The van der Waals surface area contributed by atoms with Gasteiger partial charge in [-0.25, -0.2) is 10.5 Å². The Morgan fingerprint density at radius 3 is 3.00 bits per heavy atom. The molecule has 0 saturated carbocycles. The van der Waals surface area contributed by atoms with E-state index in [-0.39, 0.29) is 12.2 Å². The summed E-state index contributed by atoms with van der Waals surface area (Å²) in [5.74, 6) is -0.638. The Kier molecular flexibility index (Phi) is 4.11. The minimum atomic E-state index is -0.638. The molecule has 3 heterocycles. The number of aromatic nitrogens is 3. The number of nitrogens with zero attached hydrogens (tertiary/aromatic N) is 3. The Balaban J connectivity index is 1.75. The minimum absolute atomic E-state index is 0.0856. The molecule has 7 nitrogen and oxygen atoms in total. The van der Waals surface area contributed by atoms with E-state index in [1.54, 1.807) is 36.8 Å². The summed E-state index contributed by atoms with van der Waals surface area (Å²) in [4.78, 5) is 37.5. The third-order valence-corrected chi connectivity index (χ3v) is 3.24. The van der Waals surface area contributed by atoms with Crippen molar-refractivity contribution in [3.63, 3.8) is 0 Å². The molecule has 0 aliphatic carbocycles. The lowest BCUT2D eigenvalue weighted by atomic mass is 10.2. The van der Waals surface area contributed by atoms with Crippen LogP contribution in [-0.4, -0.2) is 20.3 Å². The number of pyridine rings is 2. The summed E-state index contributed by atoms with van der Waals surface area (Å²) in [5.41, 5.74) is 3.98. The van der Waals surface area contributed by atoms with E-state index < -0.39 is 11.5 Å². The summed E-state index contributed by atoms with van der Waals surface area (Å²) in [5, 5.41) is 0. The highest BCUT2D eigenvalue weighted by Gasteiger charge is 2.13. The maximum absolute atomic E-state index is 12.3. The van der Waals surface area contributed by atoms with Gasteiger partial charge < -0.3 is 0 Å². The number of nitrogens with one attached hydrogen (secondary N) is 1. The Hall–Kier alpha value is -3.06. The van der Waals surface area contributed by atoms with Crippen molar-refractivity contribution in [2.24, 2.45) is 0 Å². The van der Waals surface area contributed by atoms with Crippen LogP contribution in [0.1, 0.15) is 21.5 Å². The molecule has 7 heteroatoms. The highest BCUT2D eigenvalue weighted by molar-refractivity contribution is 5.92. The maximum atomic E-state index is 12.3. The van der Waals surface area contributed by atoms with E-state index in [0.717, 1.165) is 11.1 Å². The maximum Gasteiger partial charge on any atom is 0.282 e. The zero-order chi connectivity index (χ0) is 16.2. The molecular formula is C16H14N4O3. The predicted octanol–water partition coefficient (Wildman–Crippen LogP) is 1.26.